The van der Waals surface area contributed by atoms with Gasteiger partial charge in [-0.1, -0.05) is 12.1 Å². The first-order valence-electron chi connectivity index (χ1n) is 6.39. The molecule has 0 bridgehead atoms. The summed E-state index contributed by atoms with van der Waals surface area (Å²) in [4.78, 5) is 10.5. The number of nitrogens with zero attached hydrogens (tertiary/aromatic N) is 1. The van der Waals surface area contributed by atoms with Gasteiger partial charge in [-0.2, -0.15) is 0 Å². The van der Waals surface area contributed by atoms with Gasteiger partial charge in [0.2, 0.25) is 0 Å². The summed E-state index contributed by atoms with van der Waals surface area (Å²) < 4.78 is 5.09. The van der Waals surface area contributed by atoms with Gasteiger partial charge in [0.15, 0.2) is 0 Å². The Balaban J connectivity index is 2.22. The molecule has 1 atom stereocenters. The highest BCUT2D eigenvalue weighted by atomic mass is 16.6. The van der Waals surface area contributed by atoms with E-state index in [-0.39, 0.29) is 17.5 Å². The summed E-state index contributed by atoms with van der Waals surface area (Å²) >= 11 is 0. The summed E-state index contributed by atoms with van der Waals surface area (Å²) in [5.74, 6) is 0.617. The van der Waals surface area contributed by atoms with Gasteiger partial charge in [0.1, 0.15) is 17.2 Å². The summed E-state index contributed by atoms with van der Waals surface area (Å²) in [6.45, 7) is 1.90. The van der Waals surface area contributed by atoms with Crippen LogP contribution in [0.4, 0.5) is 11.4 Å². The second-order valence-electron chi connectivity index (χ2n) is 4.60. The standard InChI is InChI=1S/C15H16N2O4/c1-10(11-3-6-13(21-2)7-4-11)16-14-8-5-12(18)9-15(14)17(19)20/h3-10,16,18H,1-2H3. The summed E-state index contributed by atoms with van der Waals surface area (Å²) in [7, 11) is 1.59. The molecule has 2 rings (SSSR count). The molecule has 0 saturated heterocycles. The molecule has 0 aromatic heterocycles. The molecule has 2 aromatic rings. The average Bonchev–Trinajstić information content (AvgIpc) is 2.49. The number of ether oxygens (including phenoxy) is 1. The highest BCUT2D eigenvalue weighted by molar-refractivity contribution is 5.64. The van der Waals surface area contributed by atoms with Gasteiger partial charge in [0.05, 0.1) is 18.1 Å². The number of phenols is 1. The lowest BCUT2D eigenvalue weighted by Crippen LogP contribution is -2.08. The van der Waals surface area contributed by atoms with Crippen LogP contribution < -0.4 is 10.1 Å². The molecular formula is C15H16N2O4. The van der Waals surface area contributed by atoms with Crippen LogP contribution in [-0.4, -0.2) is 17.1 Å². The molecule has 21 heavy (non-hydrogen) atoms. The van der Waals surface area contributed by atoms with E-state index in [0.717, 1.165) is 17.4 Å². The lowest BCUT2D eigenvalue weighted by Gasteiger charge is -2.16. The molecule has 0 radical (unpaired) electrons. The predicted octanol–water partition coefficient (Wildman–Crippen LogP) is 3.48. The highest BCUT2D eigenvalue weighted by Crippen LogP contribution is 2.31. The molecule has 0 aliphatic rings. The Labute approximate surface area is 122 Å². The number of nitro groups is 1. The van der Waals surface area contributed by atoms with Crippen LogP contribution in [0.25, 0.3) is 0 Å². The first-order valence-corrected chi connectivity index (χ1v) is 6.39. The van der Waals surface area contributed by atoms with E-state index >= 15 is 0 Å². The summed E-state index contributed by atoms with van der Waals surface area (Å²) in [5.41, 5.74) is 1.18. The molecule has 0 saturated carbocycles. The maximum absolute atomic E-state index is 11.0. The van der Waals surface area contributed by atoms with Crippen LogP contribution in [0.5, 0.6) is 11.5 Å². The first kappa shape index (κ1) is 14.6. The normalized spacial score (nSPS) is 11.7. The Bertz CT molecular complexity index is 641. The van der Waals surface area contributed by atoms with Crippen molar-refractivity contribution in [1.82, 2.24) is 0 Å². The lowest BCUT2D eigenvalue weighted by molar-refractivity contribution is -0.384. The van der Waals surface area contributed by atoms with Gasteiger partial charge in [-0.05, 0) is 36.8 Å². The van der Waals surface area contributed by atoms with Gasteiger partial charge in [0, 0.05) is 6.04 Å². The zero-order valence-electron chi connectivity index (χ0n) is 11.7. The minimum absolute atomic E-state index is 0.126. The van der Waals surface area contributed by atoms with Crippen molar-refractivity contribution in [3.05, 3.63) is 58.1 Å². The molecule has 6 nitrogen and oxygen atoms in total. The average molecular weight is 288 g/mol. The summed E-state index contributed by atoms with van der Waals surface area (Å²) in [6, 6.07) is 11.4. The molecule has 0 fully saturated rings. The smallest absolute Gasteiger partial charge is 0.296 e. The Morgan fingerprint density at radius 2 is 1.90 bits per heavy atom. The number of methoxy groups -OCH3 is 1. The van der Waals surface area contributed by atoms with Crippen LogP contribution >= 0.6 is 0 Å². The van der Waals surface area contributed by atoms with E-state index in [2.05, 4.69) is 5.32 Å². The topological polar surface area (TPSA) is 84.6 Å². The van der Waals surface area contributed by atoms with Gasteiger partial charge in [-0.15, -0.1) is 0 Å². The molecule has 0 amide bonds. The number of hydrogen-bond donors (Lipinski definition) is 2. The molecule has 0 spiro atoms. The number of nitro benzene ring substituents is 1. The summed E-state index contributed by atoms with van der Waals surface area (Å²) in [5, 5.41) is 23.4. The monoisotopic (exact) mass is 288 g/mol. The van der Waals surface area contributed by atoms with E-state index in [4.69, 9.17) is 4.74 Å². The largest absolute Gasteiger partial charge is 0.508 e. The number of anilines is 1. The van der Waals surface area contributed by atoms with E-state index in [1.165, 1.54) is 12.1 Å². The van der Waals surface area contributed by atoms with Gasteiger partial charge in [-0.3, -0.25) is 10.1 Å². The molecule has 2 N–H and O–H groups in total. The van der Waals surface area contributed by atoms with Crippen molar-refractivity contribution in [2.45, 2.75) is 13.0 Å². The third kappa shape index (κ3) is 3.42. The Kier molecular flexibility index (Phi) is 4.27. The SMILES string of the molecule is COc1ccc(C(C)Nc2ccc(O)cc2[N+](=O)[O-])cc1. The second-order valence-corrected chi connectivity index (χ2v) is 4.60. The number of hydrogen-bond acceptors (Lipinski definition) is 5. The molecule has 2 aromatic carbocycles. The molecule has 0 aliphatic heterocycles. The molecular weight excluding hydrogens is 272 g/mol. The first-order chi connectivity index (χ1) is 10.0. The molecule has 0 heterocycles. The van der Waals surface area contributed by atoms with Gasteiger partial charge < -0.3 is 15.2 Å². The molecule has 110 valence electrons. The zero-order chi connectivity index (χ0) is 15.4. The Morgan fingerprint density at radius 1 is 1.24 bits per heavy atom. The minimum Gasteiger partial charge on any atom is -0.508 e. The number of nitrogens with one attached hydrogen (secondary N) is 1. The lowest BCUT2D eigenvalue weighted by atomic mass is 10.1. The number of benzene rings is 2. The van der Waals surface area contributed by atoms with Gasteiger partial charge >= 0.3 is 0 Å². The maximum Gasteiger partial charge on any atom is 0.296 e. The van der Waals surface area contributed by atoms with Crippen LogP contribution in [-0.2, 0) is 0 Å². The van der Waals surface area contributed by atoms with Crippen LogP contribution in [0.1, 0.15) is 18.5 Å². The molecule has 1 unspecified atom stereocenters. The van der Waals surface area contributed by atoms with E-state index in [9.17, 15) is 15.2 Å². The number of rotatable bonds is 5. The van der Waals surface area contributed by atoms with Crippen molar-refractivity contribution in [2.75, 3.05) is 12.4 Å². The van der Waals surface area contributed by atoms with Crippen LogP contribution in [0.3, 0.4) is 0 Å². The Morgan fingerprint density at radius 3 is 2.48 bits per heavy atom. The van der Waals surface area contributed by atoms with Crippen molar-refractivity contribution in [3.8, 4) is 11.5 Å². The van der Waals surface area contributed by atoms with Crippen LogP contribution in [0, 0.1) is 10.1 Å². The van der Waals surface area contributed by atoms with Crippen molar-refractivity contribution in [3.63, 3.8) is 0 Å². The van der Waals surface area contributed by atoms with Crippen molar-refractivity contribution in [1.29, 1.82) is 0 Å². The number of phenolic OH excluding ortho intramolecular Hbond substituents is 1. The third-order valence-corrected chi connectivity index (χ3v) is 3.17. The minimum atomic E-state index is -0.525. The quantitative estimate of drug-likeness (QED) is 0.500. The maximum atomic E-state index is 11.0. The van der Waals surface area contributed by atoms with Gasteiger partial charge in [0.25, 0.3) is 5.69 Å². The van der Waals surface area contributed by atoms with Gasteiger partial charge in [-0.25, -0.2) is 0 Å². The van der Waals surface area contributed by atoms with E-state index < -0.39 is 4.92 Å². The van der Waals surface area contributed by atoms with Crippen molar-refractivity contribution >= 4 is 11.4 Å². The predicted molar refractivity (Wildman–Crippen MR) is 79.8 cm³/mol. The third-order valence-electron chi connectivity index (χ3n) is 3.17. The zero-order valence-corrected chi connectivity index (χ0v) is 11.7. The highest BCUT2D eigenvalue weighted by Gasteiger charge is 2.16. The summed E-state index contributed by atoms with van der Waals surface area (Å²) in [6.07, 6.45) is 0. The molecule has 0 aliphatic carbocycles. The molecule has 6 heteroatoms. The number of aromatic hydroxyl groups is 1. The van der Waals surface area contributed by atoms with E-state index in [1.54, 1.807) is 7.11 Å². The fraction of sp³-hybridized carbons (Fsp3) is 0.200. The second kappa shape index (κ2) is 6.13. The Hall–Kier alpha value is -2.76. The fourth-order valence-electron chi connectivity index (χ4n) is 2.00. The fourth-order valence-corrected chi connectivity index (χ4v) is 2.00. The van der Waals surface area contributed by atoms with Crippen LogP contribution in [0.15, 0.2) is 42.5 Å². The van der Waals surface area contributed by atoms with Crippen LogP contribution in [0.2, 0.25) is 0 Å². The van der Waals surface area contributed by atoms with Crippen molar-refractivity contribution < 1.29 is 14.8 Å². The van der Waals surface area contributed by atoms with E-state index in [1.807, 2.05) is 31.2 Å². The van der Waals surface area contributed by atoms with Crippen molar-refractivity contribution in [2.24, 2.45) is 0 Å². The van der Waals surface area contributed by atoms with E-state index in [0.29, 0.717) is 5.69 Å².